The van der Waals surface area contributed by atoms with E-state index in [4.69, 9.17) is 0 Å². The van der Waals surface area contributed by atoms with Crippen LogP contribution in [0, 0.1) is 5.82 Å². The number of hydrogen-bond acceptors (Lipinski definition) is 4. The van der Waals surface area contributed by atoms with Crippen molar-refractivity contribution < 1.29 is 17.6 Å². The third-order valence-corrected chi connectivity index (χ3v) is 4.67. The lowest BCUT2D eigenvalue weighted by Crippen LogP contribution is -2.36. The van der Waals surface area contributed by atoms with Crippen molar-refractivity contribution >= 4 is 21.4 Å². The first-order valence-electron chi connectivity index (χ1n) is 7.32. The molecule has 0 spiro atoms. The van der Waals surface area contributed by atoms with Gasteiger partial charge in [0, 0.05) is 38.9 Å². The lowest BCUT2D eigenvalue weighted by Gasteiger charge is -2.24. The van der Waals surface area contributed by atoms with Gasteiger partial charge in [0.25, 0.3) is 0 Å². The van der Waals surface area contributed by atoms with Gasteiger partial charge < -0.3 is 9.80 Å². The van der Waals surface area contributed by atoms with Crippen LogP contribution in [0.4, 0.5) is 10.1 Å². The zero-order chi connectivity index (χ0) is 16.2. The second-order valence-electron chi connectivity index (χ2n) is 5.55. The Morgan fingerprint density at radius 2 is 1.91 bits per heavy atom. The summed E-state index contributed by atoms with van der Waals surface area (Å²) in [5.41, 5.74) is 0.549. The van der Waals surface area contributed by atoms with E-state index in [1.807, 2.05) is 4.90 Å². The molecule has 0 radical (unpaired) electrons. The summed E-state index contributed by atoms with van der Waals surface area (Å²) in [6.07, 6.45) is 1.88. The van der Waals surface area contributed by atoms with Crippen LogP contribution in [0.5, 0.6) is 0 Å². The Morgan fingerprint density at radius 1 is 1.18 bits per heavy atom. The number of benzene rings is 1. The van der Waals surface area contributed by atoms with Crippen molar-refractivity contribution in [3.05, 3.63) is 30.1 Å². The molecule has 7 heteroatoms. The van der Waals surface area contributed by atoms with E-state index in [1.165, 1.54) is 6.07 Å². The minimum Gasteiger partial charge on any atom is -0.367 e. The summed E-state index contributed by atoms with van der Waals surface area (Å²) in [4.78, 5) is 15.7. The SMILES string of the molecule is CS(=O)(=O)CCC(=O)N1CCCN(c2ccccc2F)CC1. The summed E-state index contributed by atoms with van der Waals surface area (Å²) < 4.78 is 36.1. The van der Waals surface area contributed by atoms with Crippen LogP contribution in [-0.4, -0.2) is 57.4 Å². The maximum atomic E-state index is 13.8. The molecule has 22 heavy (non-hydrogen) atoms. The second-order valence-corrected chi connectivity index (χ2v) is 7.81. The average molecular weight is 328 g/mol. The molecular formula is C15H21FN2O3S. The van der Waals surface area contributed by atoms with Gasteiger partial charge in [-0.15, -0.1) is 0 Å². The predicted octanol–water partition coefficient (Wildman–Crippen LogP) is 1.30. The molecule has 0 aliphatic carbocycles. The van der Waals surface area contributed by atoms with Crippen LogP contribution in [0.2, 0.25) is 0 Å². The maximum Gasteiger partial charge on any atom is 0.223 e. The number of anilines is 1. The third kappa shape index (κ3) is 4.69. The van der Waals surface area contributed by atoms with Crippen molar-refractivity contribution in [1.29, 1.82) is 0 Å². The maximum absolute atomic E-state index is 13.8. The molecule has 0 saturated carbocycles. The van der Waals surface area contributed by atoms with Crippen LogP contribution >= 0.6 is 0 Å². The first-order chi connectivity index (χ1) is 10.4. The summed E-state index contributed by atoms with van der Waals surface area (Å²) in [6, 6.07) is 6.60. The van der Waals surface area contributed by atoms with Crippen molar-refractivity contribution in [1.82, 2.24) is 4.90 Å². The summed E-state index contributed by atoms with van der Waals surface area (Å²) in [7, 11) is -3.13. The molecule has 1 saturated heterocycles. The minimum atomic E-state index is -3.13. The first-order valence-corrected chi connectivity index (χ1v) is 9.38. The summed E-state index contributed by atoms with van der Waals surface area (Å²) in [5, 5.41) is 0. The highest BCUT2D eigenvalue weighted by molar-refractivity contribution is 7.90. The molecule has 0 atom stereocenters. The topological polar surface area (TPSA) is 57.7 Å². The molecule has 0 aromatic heterocycles. The Kier molecular flexibility index (Phi) is 5.39. The molecule has 1 aliphatic heterocycles. The van der Waals surface area contributed by atoms with Crippen LogP contribution in [-0.2, 0) is 14.6 Å². The number of nitrogens with zero attached hydrogens (tertiary/aromatic N) is 2. The van der Waals surface area contributed by atoms with E-state index < -0.39 is 9.84 Å². The second kappa shape index (κ2) is 7.09. The number of para-hydroxylation sites is 1. The molecule has 0 unspecified atom stereocenters. The van der Waals surface area contributed by atoms with Gasteiger partial charge in [0.15, 0.2) is 0 Å². The number of carbonyl (C=O) groups is 1. The molecule has 1 aliphatic rings. The van der Waals surface area contributed by atoms with Crippen LogP contribution in [0.25, 0.3) is 0 Å². The number of halogens is 1. The first kappa shape index (κ1) is 16.7. The van der Waals surface area contributed by atoms with Gasteiger partial charge in [-0.05, 0) is 18.6 Å². The lowest BCUT2D eigenvalue weighted by atomic mass is 10.2. The molecule has 5 nitrogen and oxygen atoms in total. The Balaban J connectivity index is 1.95. The number of carbonyl (C=O) groups excluding carboxylic acids is 1. The predicted molar refractivity (Wildman–Crippen MR) is 84.1 cm³/mol. The number of hydrogen-bond donors (Lipinski definition) is 0. The molecule has 0 bridgehead atoms. The normalized spacial score (nSPS) is 16.5. The van der Waals surface area contributed by atoms with Crippen molar-refractivity contribution in [2.24, 2.45) is 0 Å². The van der Waals surface area contributed by atoms with Gasteiger partial charge in [-0.2, -0.15) is 0 Å². The van der Waals surface area contributed by atoms with Crippen LogP contribution in [0.3, 0.4) is 0 Å². The molecule has 2 rings (SSSR count). The fraction of sp³-hybridized carbons (Fsp3) is 0.533. The van der Waals surface area contributed by atoms with Gasteiger partial charge in [0.05, 0.1) is 11.4 Å². The summed E-state index contributed by atoms with van der Waals surface area (Å²) in [6.45, 7) is 2.28. The fourth-order valence-corrected chi connectivity index (χ4v) is 3.09. The Labute approximate surface area is 130 Å². The molecule has 1 fully saturated rings. The molecule has 122 valence electrons. The Hall–Kier alpha value is -1.63. The largest absolute Gasteiger partial charge is 0.367 e. The smallest absolute Gasteiger partial charge is 0.223 e. The fourth-order valence-electron chi connectivity index (χ4n) is 2.55. The molecule has 1 aromatic rings. The summed E-state index contributed by atoms with van der Waals surface area (Å²) >= 11 is 0. The van der Waals surface area contributed by atoms with Crippen LogP contribution < -0.4 is 4.90 Å². The highest BCUT2D eigenvalue weighted by Gasteiger charge is 2.21. The number of amides is 1. The van der Waals surface area contributed by atoms with Crippen LogP contribution in [0.15, 0.2) is 24.3 Å². The van der Waals surface area contributed by atoms with E-state index in [2.05, 4.69) is 0 Å². The van der Waals surface area contributed by atoms with Gasteiger partial charge in [0.1, 0.15) is 15.7 Å². The van der Waals surface area contributed by atoms with Gasteiger partial charge in [-0.25, -0.2) is 12.8 Å². The molecule has 0 N–H and O–H groups in total. The lowest BCUT2D eigenvalue weighted by molar-refractivity contribution is -0.130. The standard InChI is InChI=1S/C15H21FN2O3S/c1-22(20,21)12-7-15(19)18-9-4-8-17(10-11-18)14-6-3-2-5-13(14)16/h2-3,5-6H,4,7-12H2,1H3. The molecule has 1 amide bonds. The van der Waals surface area contributed by atoms with E-state index in [-0.39, 0.29) is 23.9 Å². The zero-order valence-corrected chi connectivity index (χ0v) is 13.5. The van der Waals surface area contributed by atoms with Crippen molar-refractivity contribution in [2.45, 2.75) is 12.8 Å². The molecular weight excluding hydrogens is 307 g/mol. The van der Waals surface area contributed by atoms with Gasteiger partial charge >= 0.3 is 0 Å². The van der Waals surface area contributed by atoms with E-state index >= 15 is 0 Å². The molecule has 1 aromatic carbocycles. The van der Waals surface area contributed by atoms with E-state index in [0.29, 0.717) is 31.9 Å². The van der Waals surface area contributed by atoms with Crippen molar-refractivity contribution in [2.75, 3.05) is 43.1 Å². The highest BCUT2D eigenvalue weighted by atomic mass is 32.2. The van der Waals surface area contributed by atoms with Crippen LogP contribution in [0.1, 0.15) is 12.8 Å². The van der Waals surface area contributed by atoms with E-state index in [9.17, 15) is 17.6 Å². The minimum absolute atomic E-state index is 0.0124. The van der Waals surface area contributed by atoms with Gasteiger partial charge in [-0.1, -0.05) is 12.1 Å². The van der Waals surface area contributed by atoms with E-state index in [1.54, 1.807) is 23.1 Å². The van der Waals surface area contributed by atoms with E-state index in [0.717, 1.165) is 12.7 Å². The molecule has 1 heterocycles. The number of rotatable bonds is 4. The Bertz CT molecular complexity index is 633. The third-order valence-electron chi connectivity index (χ3n) is 3.73. The number of sulfone groups is 1. The van der Waals surface area contributed by atoms with Crippen molar-refractivity contribution in [3.63, 3.8) is 0 Å². The average Bonchev–Trinajstić information content (AvgIpc) is 2.70. The highest BCUT2D eigenvalue weighted by Crippen LogP contribution is 2.20. The summed E-state index contributed by atoms with van der Waals surface area (Å²) in [5.74, 6) is -0.542. The zero-order valence-electron chi connectivity index (χ0n) is 12.7. The Morgan fingerprint density at radius 3 is 2.59 bits per heavy atom. The van der Waals surface area contributed by atoms with Gasteiger partial charge in [-0.3, -0.25) is 4.79 Å². The van der Waals surface area contributed by atoms with Crippen molar-refractivity contribution in [3.8, 4) is 0 Å². The quantitative estimate of drug-likeness (QED) is 0.836. The monoisotopic (exact) mass is 328 g/mol. The van der Waals surface area contributed by atoms with Gasteiger partial charge in [0.2, 0.25) is 5.91 Å².